The molecule has 5 nitrogen and oxygen atoms in total. The SMILES string of the molecule is CCOC(=O)CCc1cc2c(c(S(=O)(=O)Cl)c1)NC[C@@H](CC(C)C)C2. The lowest BCUT2D eigenvalue weighted by atomic mass is 9.86. The van der Waals surface area contributed by atoms with Crippen molar-refractivity contribution in [1.29, 1.82) is 0 Å². The van der Waals surface area contributed by atoms with Gasteiger partial charge in [-0.1, -0.05) is 19.9 Å². The molecule has 0 amide bonds. The van der Waals surface area contributed by atoms with Gasteiger partial charge in [0.25, 0.3) is 9.05 Å². The van der Waals surface area contributed by atoms with Gasteiger partial charge in [0.05, 0.1) is 12.3 Å². The number of ether oxygens (including phenoxy) is 1. The maximum absolute atomic E-state index is 12.0. The van der Waals surface area contributed by atoms with Crippen molar-refractivity contribution in [2.75, 3.05) is 18.5 Å². The number of esters is 1. The molecule has 1 N–H and O–H groups in total. The van der Waals surface area contributed by atoms with E-state index < -0.39 is 9.05 Å². The lowest BCUT2D eigenvalue weighted by Crippen LogP contribution is -2.25. The Bertz CT molecular complexity index is 731. The molecule has 1 aliphatic rings. The number of carbonyl (C=O) groups excluding carboxylic acids is 1. The molecule has 1 aliphatic heterocycles. The maximum Gasteiger partial charge on any atom is 0.306 e. The van der Waals surface area contributed by atoms with E-state index in [1.165, 1.54) is 0 Å². The second-order valence-electron chi connectivity index (χ2n) is 6.95. The molecular formula is C18H26ClNO4S. The molecule has 0 spiro atoms. The minimum absolute atomic E-state index is 0.105. The van der Waals surface area contributed by atoms with Crippen LogP contribution in [-0.2, 0) is 31.4 Å². The highest BCUT2D eigenvalue weighted by Crippen LogP contribution is 2.36. The van der Waals surface area contributed by atoms with Gasteiger partial charge in [-0.25, -0.2) is 8.42 Å². The lowest BCUT2D eigenvalue weighted by molar-refractivity contribution is -0.143. The summed E-state index contributed by atoms with van der Waals surface area (Å²) in [7, 11) is 1.78. The highest BCUT2D eigenvalue weighted by Gasteiger charge is 2.26. The first-order valence-corrected chi connectivity index (χ1v) is 11.0. The van der Waals surface area contributed by atoms with Crippen LogP contribution in [0, 0.1) is 11.8 Å². The summed E-state index contributed by atoms with van der Waals surface area (Å²) in [6.07, 6.45) is 2.53. The summed E-state index contributed by atoms with van der Waals surface area (Å²) in [5.74, 6) is 0.751. The molecule has 0 saturated heterocycles. The molecule has 25 heavy (non-hydrogen) atoms. The Morgan fingerprint density at radius 2 is 2.12 bits per heavy atom. The normalized spacial score (nSPS) is 17.1. The van der Waals surface area contributed by atoms with Gasteiger partial charge in [0.15, 0.2) is 0 Å². The molecule has 0 unspecified atom stereocenters. The van der Waals surface area contributed by atoms with E-state index in [4.69, 9.17) is 15.4 Å². The summed E-state index contributed by atoms with van der Waals surface area (Å²) in [4.78, 5) is 11.7. The van der Waals surface area contributed by atoms with Crippen LogP contribution in [0.2, 0.25) is 0 Å². The van der Waals surface area contributed by atoms with Crippen molar-refractivity contribution in [1.82, 2.24) is 0 Å². The molecule has 0 radical (unpaired) electrons. The molecule has 0 bridgehead atoms. The molecule has 7 heteroatoms. The van der Waals surface area contributed by atoms with E-state index in [9.17, 15) is 13.2 Å². The number of carbonyl (C=O) groups is 1. The smallest absolute Gasteiger partial charge is 0.306 e. The van der Waals surface area contributed by atoms with Crippen molar-refractivity contribution in [3.63, 3.8) is 0 Å². The number of halogens is 1. The van der Waals surface area contributed by atoms with E-state index in [2.05, 4.69) is 19.2 Å². The lowest BCUT2D eigenvalue weighted by Gasteiger charge is -2.29. The van der Waals surface area contributed by atoms with Crippen LogP contribution in [0.25, 0.3) is 0 Å². The summed E-state index contributed by atoms with van der Waals surface area (Å²) in [5, 5.41) is 3.25. The Hall–Kier alpha value is -1.27. The average molecular weight is 388 g/mol. The maximum atomic E-state index is 12.0. The zero-order chi connectivity index (χ0) is 18.6. The standard InChI is InChI=1S/C18H26ClNO4S/c1-4-24-17(21)6-5-13-8-15-9-14(7-12(2)3)11-20-18(15)16(10-13)25(19,22)23/h8,10,12,14,20H,4-7,9,11H2,1-3H3/t14-/m0/s1. The van der Waals surface area contributed by atoms with E-state index in [1.54, 1.807) is 13.0 Å². The number of hydrogen-bond acceptors (Lipinski definition) is 5. The fourth-order valence-corrected chi connectivity index (χ4v) is 4.48. The van der Waals surface area contributed by atoms with E-state index >= 15 is 0 Å². The van der Waals surface area contributed by atoms with Gasteiger partial charge in [-0.05, 0) is 55.2 Å². The quantitative estimate of drug-likeness (QED) is 0.570. The number of fused-ring (bicyclic) bond motifs is 1. The Labute approximate surface area is 154 Å². The number of nitrogens with one attached hydrogen (secondary N) is 1. The van der Waals surface area contributed by atoms with E-state index in [-0.39, 0.29) is 17.3 Å². The van der Waals surface area contributed by atoms with Crippen molar-refractivity contribution in [3.8, 4) is 0 Å². The third-order valence-electron chi connectivity index (χ3n) is 4.31. The summed E-state index contributed by atoms with van der Waals surface area (Å²) in [5.41, 5.74) is 2.35. The van der Waals surface area contributed by atoms with Crippen LogP contribution in [-0.4, -0.2) is 27.5 Å². The van der Waals surface area contributed by atoms with E-state index in [0.29, 0.717) is 30.6 Å². The summed E-state index contributed by atoms with van der Waals surface area (Å²) in [6.45, 7) is 7.20. The average Bonchev–Trinajstić information content (AvgIpc) is 2.50. The monoisotopic (exact) mass is 387 g/mol. The topological polar surface area (TPSA) is 72.5 Å². The zero-order valence-electron chi connectivity index (χ0n) is 15.0. The number of anilines is 1. The molecule has 1 atom stereocenters. The van der Waals surface area contributed by atoms with E-state index in [0.717, 1.165) is 30.5 Å². The highest BCUT2D eigenvalue weighted by molar-refractivity contribution is 8.13. The Morgan fingerprint density at radius 3 is 2.72 bits per heavy atom. The Balaban J connectivity index is 2.29. The predicted octanol–water partition coefficient (Wildman–Crippen LogP) is 3.74. The first kappa shape index (κ1) is 20.0. The number of aryl methyl sites for hydroxylation is 1. The molecule has 140 valence electrons. The van der Waals surface area contributed by atoms with Crippen molar-refractivity contribution in [2.45, 2.75) is 51.3 Å². The zero-order valence-corrected chi connectivity index (χ0v) is 16.5. The van der Waals surface area contributed by atoms with Gasteiger partial charge in [0, 0.05) is 23.6 Å². The Kier molecular flexibility index (Phi) is 6.74. The van der Waals surface area contributed by atoms with Crippen molar-refractivity contribution in [3.05, 3.63) is 23.3 Å². The molecule has 0 aromatic heterocycles. The fourth-order valence-electron chi connectivity index (χ4n) is 3.38. The van der Waals surface area contributed by atoms with Crippen molar-refractivity contribution < 1.29 is 17.9 Å². The molecule has 2 rings (SSSR count). The van der Waals surface area contributed by atoms with Crippen LogP contribution < -0.4 is 5.32 Å². The minimum atomic E-state index is -3.86. The Morgan fingerprint density at radius 1 is 1.40 bits per heavy atom. The van der Waals surface area contributed by atoms with Gasteiger partial charge in [-0.3, -0.25) is 4.79 Å². The third-order valence-corrected chi connectivity index (χ3v) is 5.66. The first-order valence-electron chi connectivity index (χ1n) is 8.70. The molecule has 1 aromatic rings. The number of benzene rings is 1. The van der Waals surface area contributed by atoms with Crippen LogP contribution in [0.5, 0.6) is 0 Å². The molecule has 1 aromatic carbocycles. The summed E-state index contributed by atoms with van der Waals surface area (Å²) < 4.78 is 28.9. The van der Waals surface area contributed by atoms with Crippen LogP contribution in [0.15, 0.2) is 17.0 Å². The van der Waals surface area contributed by atoms with Gasteiger partial charge < -0.3 is 10.1 Å². The molecular weight excluding hydrogens is 362 g/mol. The van der Waals surface area contributed by atoms with Gasteiger partial charge in [0.1, 0.15) is 4.90 Å². The van der Waals surface area contributed by atoms with Crippen molar-refractivity contribution in [2.24, 2.45) is 11.8 Å². The van der Waals surface area contributed by atoms with Crippen LogP contribution >= 0.6 is 10.7 Å². The summed E-state index contributed by atoms with van der Waals surface area (Å²) >= 11 is 0. The second-order valence-corrected chi connectivity index (χ2v) is 9.49. The molecule has 0 saturated carbocycles. The van der Waals surface area contributed by atoms with Crippen LogP contribution in [0.4, 0.5) is 5.69 Å². The predicted molar refractivity (Wildman–Crippen MR) is 99.6 cm³/mol. The first-order chi connectivity index (χ1) is 11.7. The minimum Gasteiger partial charge on any atom is -0.466 e. The van der Waals surface area contributed by atoms with Gasteiger partial charge in [-0.15, -0.1) is 0 Å². The number of rotatable bonds is 7. The molecule has 1 heterocycles. The largest absolute Gasteiger partial charge is 0.466 e. The third kappa shape index (κ3) is 5.61. The van der Waals surface area contributed by atoms with Crippen LogP contribution in [0.3, 0.4) is 0 Å². The highest BCUT2D eigenvalue weighted by atomic mass is 35.7. The molecule has 0 aliphatic carbocycles. The summed E-state index contributed by atoms with van der Waals surface area (Å²) in [6, 6.07) is 3.55. The second kappa shape index (κ2) is 8.41. The molecule has 0 fully saturated rings. The van der Waals surface area contributed by atoms with Crippen LogP contribution in [0.1, 0.15) is 44.7 Å². The van der Waals surface area contributed by atoms with E-state index in [1.807, 2.05) is 6.07 Å². The van der Waals surface area contributed by atoms with Gasteiger partial charge in [0.2, 0.25) is 0 Å². The van der Waals surface area contributed by atoms with Gasteiger partial charge >= 0.3 is 5.97 Å². The van der Waals surface area contributed by atoms with Gasteiger partial charge in [-0.2, -0.15) is 0 Å². The fraction of sp³-hybridized carbons (Fsp3) is 0.611. The van der Waals surface area contributed by atoms with Crippen molar-refractivity contribution >= 4 is 31.4 Å². The number of hydrogen-bond donors (Lipinski definition) is 1.